The zero-order chi connectivity index (χ0) is 14.4. The van der Waals surface area contributed by atoms with Crippen LogP contribution in [0.25, 0.3) is 0 Å². The third kappa shape index (κ3) is 4.49. The van der Waals surface area contributed by atoms with Gasteiger partial charge in [-0.15, -0.1) is 0 Å². The zero-order valence-corrected chi connectivity index (χ0v) is 12.2. The fourth-order valence-electron chi connectivity index (χ4n) is 2.67. The number of hydrogen-bond acceptors (Lipinski definition) is 3. The molecule has 1 saturated heterocycles. The number of piperidine rings is 1. The van der Waals surface area contributed by atoms with Crippen molar-refractivity contribution in [2.75, 3.05) is 13.1 Å². The Labute approximate surface area is 115 Å². The molecule has 0 radical (unpaired) electrons. The molecule has 5 nitrogen and oxygen atoms in total. The Morgan fingerprint density at radius 2 is 2.11 bits per heavy atom. The first kappa shape index (κ1) is 16.0. The third-order valence-electron chi connectivity index (χ3n) is 3.57. The van der Waals surface area contributed by atoms with Crippen LogP contribution < -0.4 is 5.32 Å². The van der Waals surface area contributed by atoms with Crippen molar-refractivity contribution in [3.63, 3.8) is 0 Å². The Balaban J connectivity index is 2.91. The van der Waals surface area contributed by atoms with E-state index in [0.717, 1.165) is 19.4 Å². The number of nitrogens with one attached hydrogen (secondary N) is 1. The van der Waals surface area contributed by atoms with Gasteiger partial charge in [0.1, 0.15) is 6.04 Å². The van der Waals surface area contributed by atoms with Gasteiger partial charge in [0.2, 0.25) is 5.91 Å². The summed E-state index contributed by atoms with van der Waals surface area (Å²) in [4.78, 5) is 25.3. The summed E-state index contributed by atoms with van der Waals surface area (Å²) in [5.74, 6) is -0.687. The topological polar surface area (TPSA) is 69.6 Å². The van der Waals surface area contributed by atoms with E-state index in [-0.39, 0.29) is 17.9 Å². The number of nitrogens with zero attached hydrogens (tertiary/aromatic N) is 1. The lowest BCUT2D eigenvalue weighted by atomic mass is 9.97. The highest BCUT2D eigenvalue weighted by atomic mass is 16.4. The number of amides is 1. The first-order valence-electron chi connectivity index (χ1n) is 7.22. The maximum atomic E-state index is 12.2. The molecule has 19 heavy (non-hydrogen) atoms. The second kappa shape index (κ2) is 7.48. The van der Waals surface area contributed by atoms with Crippen molar-refractivity contribution >= 4 is 11.9 Å². The van der Waals surface area contributed by atoms with Gasteiger partial charge in [-0.2, -0.15) is 0 Å². The summed E-state index contributed by atoms with van der Waals surface area (Å²) in [6.07, 6.45) is 2.75. The lowest BCUT2D eigenvalue weighted by Gasteiger charge is -2.39. The fraction of sp³-hybridized carbons (Fsp3) is 0.857. The quantitative estimate of drug-likeness (QED) is 0.767. The van der Waals surface area contributed by atoms with E-state index >= 15 is 0 Å². The highest BCUT2D eigenvalue weighted by molar-refractivity contribution is 5.83. The molecule has 2 atom stereocenters. The number of carbonyl (C=O) groups is 2. The summed E-state index contributed by atoms with van der Waals surface area (Å²) in [6, 6.07) is -0.682. The molecule has 0 aliphatic carbocycles. The largest absolute Gasteiger partial charge is 0.480 e. The second-order valence-electron chi connectivity index (χ2n) is 5.64. The molecule has 1 rings (SSSR count). The fourth-order valence-corrected chi connectivity index (χ4v) is 2.67. The van der Waals surface area contributed by atoms with Gasteiger partial charge in [0.15, 0.2) is 0 Å². The molecule has 0 bridgehead atoms. The minimum Gasteiger partial charge on any atom is -0.480 e. The maximum absolute atomic E-state index is 12.2. The summed E-state index contributed by atoms with van der Waals surface area (Å²) in [7, 11) is 0. The van der Waals surface area contributed by atoms with Crippen LogP contribution in [-0.2, 0) is 9.59 Å². The van der Waals surface area contributed by atoms with Crippen molar-refractivity contribution in [2.24, 2.45) is 5.92 Å². The molecule has 0 aromatic rings. The molecular formula is C14H26N2O3. The number of carboxylic acids is 1. The molecule has 0 aromatic carbocycles. The number of hydrogen-bond donors (Lipinski definition) is 2. The standard InChI is InChI=1S/C14H26N2O3/c1-4-13(17)16(11-6-5-7-15-9-11)12(14(18)19)8-10(2)3/h10-12,15H,4-9H2,1-3H3,(H,18,19)/t11?,12-/m0/s1. The molecule has 2 N–H and O–H groups in total. The highest BCUT2D eigenvalue weighted by Gasteiger charge is 2.35. The average molecular weight is 270 g/mol. The maximum Gasteiger partial charge on any atom is 0.326 e. The number of carboxylic acid groups (broad SMARTS) is 1. The van der Waals surface area contributed by atoms with Gasteiger partial charge in [0.25, 0.3) is 0 Å². The van der Waals surface area contributed by atoms with Crippen LogP contribution in [0, 0.1) is 5.92 Å². The lowest BCUT2D eigenvalue weighted by molar-refractivity contribution is -0.153. The van der Waals surface area contributed by atoms with E-state index in [0.29, 0.717) is 19.4 Å². The van der Waals surface area contributed by atoms with Crippen molar-refractivity contribution in [1.82, 2.24) is 10.2 Å². The monoisotopic (exact) mass is 270 g/mol. The summed E-state index contributed by atoms with van der Waals surface area (Å²) in [5.41, 5.74) is 0. The Morgan fingerprint density at radius 3 is 2.53 bits per heavy atom. The van der Waals surface area contributed by atoms with Gasteiger partial charge >= 0.3 is 5.97 Å². The van der Waals surface area contributed by atoms with E-state index in [1.807, 2.05) is 13.8 Å². The molecule has 0 saturated carbocycles. The minimum absolute atomic E-state index is 0.0149. The van der Waals surface area contributed by atoms with Crippen LogP contribution in [-0.4, -0.2) is 47.1 Å². The van der Waals surface area contributed by atoms with Crippen LogP contribution in [0.3, 0.4) is 0 Å². The normalized spacial score (nSPS) is 21.2. The van der Waals surface area contributed by atoms with Crippen molar-refractivity contribution in [3.05, 3.63) is 0 Å². The number of carbonyl (C=O) groups excluding carboxylic acids is 1. The molecule has 110 valence electrons. The minimum atomic E-state index is -0.888. The number of rotatable bonds is 6. The Morgan fingerprint density at radius 1 is 1.42 bits per heavy atom. The zero-order valence-electron chi connectivity index (χ0n) is 12.2. The van der Waals surface area contributed by atoms with Gasteiger partial charge in [0, 0.05) is 19.0 Å². The SMILES string of the molecule is CCC(=O)N(C1CCCNC1)[C@@H](CC(C)C)C(=O)O. The van der Waals surface area contributed by atoms with E-state index in [2.05, 4.69) is 5.32 Å². The molecule has 1 aliphatic rings. The molecule has 1 fully saturated rings. The Kier molecular flexibility index (Phi) is 6.28. The Hall–Kier alpha value is -1.10. The van der Waals surface area contributed by atoms with Crippen LogP contribution in [0.15, 0.2) is 0 Å². The van der Waals surface area contributed by atoms with E-state index in [4.69, 9.17) is 0 Å². The van der Waals surface area contributed by atoms with Gasteiger partial charge < -0.3 is 15.3 Å². The lowest BCUT2D eigenvalue weighted by Crippen LogP contribution is -2.55. The van der Waals surface area contributed by atoms with Crippen LogP contribution >= 0.6 is 0 Å². The van der Waals surface area contributed by atoms with Crippen LogP contribution in [0.2, 0.25) is 0 Å². The predicted octanol–water partition coefficient (Wildman–Crippen LogP) is 1.48. The van der Waals surface area contributed by atoms with E-state index in [9.17, 15) is 14.7 Å². The first-order valence-corrected chi connectivity index (χ1v) is 7.22. The molecule has 1 aliphatic heterocycles. The number of aliphatic carboxylic acids is 1. The summed E-state index contributed by atoms with van der Waals surface area (Å²) >= 11 is 0. The Bertz CT molecular complexity index is 312. The highest BCUT2D eigenvalue weighted by Crippen LogP contribution is 2.20. The average Bonchev–Trinajstić information content (AvgIpc) is 2.38. The summed E-state index contributed by atoms with van der Waals surface area (Å²) in [5, 5.41) is 12.7. The van der Waals surface area contributed by atoms with Gasteiger partial charge in [-0.25, -0.2) is 4.79 Å². The van der Waals surface area contributed by atoms with Crippen LogP contribution in [0.5, 0.6) is 0 Å². The molecule has 1 heterocycles. The van der Waals surface area contributed by atoms with Gasteiger partial charge in [-0.05, 0) is 31.7 Å². The molecule has 0 spiro atoms. The van der Waals surface area contributed by atoms with Gasteiger partial charge in [-0.3, -0.25) is 4.79 Å². The van der Waals surface area contributed by atoms with Gasteiger partial charge in [-0.1, -0.05) is 20.8 Å². The predicted molar refractivity (Wildman–Crippen MR) is 73.9 cm³/mol. The van der Waals surface area contributed by atoms with Crippen molar-refractivity contribution in [2.45, 2.75) is 58.5 Å². The van der Waals surface area contributed by atoms with Crippen molar-refractivity contribution in [3.8, 4) is 0 Å². The molecule has 0 aromatic heterocycles. The smallest absolute Gasteiger partial charge is 0.326 e. The molecule has 1 unspecified atom stereocenters. The first-order chi connectivity index (χ1) is 8.97. The van der Waals surface area contributed by atoms with Crippen molar-refractivity contribution in [1.29, 1.82) is 0 Å². The van der Waals surface area contributed by atoms with E-state index in [1.165, 1.54) is 0 Å². The molecule has 5 heteroatoms. The van der Waals surface area contributed by atoms with E-state index in [1.54, 1.807) is 11.8 Å². The van der Waals surface area contributed by atoms with E-state index < -0.39 is 12.0 Å². The van der Waals surface area contributed by atoms with Crippen molar-refractivity contribution < 1.29 is 14.7 Å². The summed E-state index contributed by atoms with van der Waals surface area (Å²) in [6.45, 7) is 7.42. The van der Waals surface area contributed by atoms with Crippen LogP contribution in [0.4, 0.5) is 0 Å². The van der Waals surface area contributed by atoms with Crippen LogP contribution in [0.1, 0.15) is 46.5 Å². The molecule has 1 amide bonds. The van der Waals surface area contributed by atoms with Gasteiger partial charge in [0.05, 0.1) is 0 Å². The third-order valence-corrected chi connectivity index (χ3v) is 3.57. The summed E-state index contributed by atoms with van der Waals surface area (Å²) < 4.78 is 0. The second-order valence-corrected chi connectivity index (χ2v) is 5.64. The molecular weight excluding hydrogens is 244 g/mol.